The third-order valence-electron chi connectivity index (χ3n) is 2.84. The van der Waals surface area contributed by atoms with Gasteiger partial charge in [0.05, 0.1) is 10.7 Å². The molecule has 3 unspecified atom stereocenters. The maximum atomic E-state index is 4.65. The Bertz CT molecular complexity index is 276. The lowest BCUT2D eigenvalue weighted by molar-refractivity contribution is 0.634. The summed E-state index contributed by atoms with van der Waals surface area (Å²) in [4.78, 5) is 4.65. The van der Waals surface area contributed by atoms with Crippen LogP contribution in [-0.2, 0) is 0 Å². The van der Waals surface area contributed by atoms with Crippen LogP contribution in [0.15, 0.2) is 5.38 Å². The molecule has 3 atom stereocenters. The highest BCUT2D eigenvalue weighted by Crippen LogP contribution is 2.48. The Morgan fingerprint density at radius 1 is 1.69 bits per heavy atom. The van der Waals surface area contributed by atoms with Crippen LogP contribution in [0.4, 0.5) is 0 Å². The van der Waals surface area contributed by atoms with Crippen molar-refractivity contribution in [3.8, 4) is 0 Å². The van der Waals surface area contributed by atoms with Crippen LogP contribution in [0, 0.1) is 5.92 Å². The second-order valence-corrected chi connectivity index (χ2v) is 4.83. The molecule has 1 aromatic rings. The van der Waals surface area contributed by atoms with Crippen LogP contribution in [0.1, 0.15) is 42.9 Å². The highest BCUT2D eigenvalue weighted by atomic mass is 32.1. The van der Waals surface area contributed by atoms with E-state index in [1.165, 1.54) is 17.1 Å². The second kappa shape index (κ2) is 3.39. The van der Waals surface area contributed by atoms with Gasteiger partial charge in [0.25, 0.3) is 0 Å². The Kier molecular flexibility index (Phi) is 2.39. The molecule has 1 aliphatic carbocycles. The number of hydrogen-bond acceptors (Lipinski definition) is 3. The summed E-state index contributed by atoms with van der Waals surface area (Å²) in [6.45, 7) is 4.45. The molecule has 0 radical (unpaired) electrons. The highest BCUT2D eigenvalue weighted by Gasteiger charge is 2.36. The van der Waals surface area contributed by atoms with Gasteiger partial charge in [-0.15, -0.1) is 11.3 Å². The van der Waals surface area contributed by atoms with Crippen LogP contribution in [0.5, 0.6) is 0 Å². The number of nitrogens with zero attached hydrogens (tertiary/aromatic N) is 1. The minimum Gasteiger partial charge on any atom is -0.312 e. The number of nitrogens with one attached hydrogen (secondary N) is 1. The lowest BCUT2D eigenvalue weighted by Gasteiger charge is -2.04. The molecule has 0 aromatic carbocycles. The van der Waals surface area contributed by atoms with E-state index in [1.54, 1.807) is 0 Å². The summed E-state index contributed by atoms with van der Waals surface area (Å²) < 4.78 is 0. The van der Waals surface area contributed by atoms with Gasteiger partial charge >= 0.3 is 0 Å². The molecule has 0 spiro atoms. The van der Waals surface area contributed by atoms with Crippen molar-refractivity contribution in [2.75, 3.05) is 7.05 Å². The summed E-state index contributed by atoms with van der Waals surface area (Å²) in [7, 11) is 1.98. The van der Waals surface area contributed by atoms with Crippen molar-refractivity contribution < 1.29 is 0 Å². The van der Waals surface area contributed by atoms with Crippen molar-refractivity contribution in [3.63, 3.8) is 0 Å². The largest absolute Gasteiger partial charge is 0.312 e. The summed E-state index contributed by atoms with van der Waals surface area (Å²) in [6, 6.07) is 0.388. The van der Waals surface area contributed by atoms with Gasteiger partial charge in [-0.05, 0) is 26.3 Å². The molecular weight excluding hydrogens is 180 g/mol. The minimum absolute atomic E-state index is 0.388. The summed E-state index contributed by atoms with van der Waals surface area (Å²) in [6.07, 6.45) is 1.33. The van der Waals surface area contributed by atoms with Crippen LogP contribution >= 0.6 is 11.3 Å². The molecule has 72 valence electrons. The Morgan fingerprint density at radius 2 is 2.38 bits per heavy atom. The second-order valence-electron chi connectivity index (χ2n) is 3.94. The first-order valence-corrected chi connectivity index (χ1v) is 5.73. The summed E-state index contributed by atoms with van der Waals surface area (Å²) in [5.74, 6) is 1.63. The van der Waals surface area contributed by atoms with E-state index < -0.39 is 0 Å². The molecule has 2 rings (SSSR count). The molecule has 1 N–H and O–H groups in total. The van der Waals surface area contributed by atoms with Crippen molar-refractivity contribution in [3.05, 3.63) is 16.1 Å². The molecule has 2 nitrogen and oxygen atoms in total. The fourth-order valence-corrected chi connectivity index (χ4v) is 2.64. The van der Waals surface area contributed by atoms with Crippen LogP contribution in [0.25, 0.3) is 0 Å². The van der Waals surface area contributed by atoms with E-state index in [0.717, 1.165) is 11.8 Å². The normalized spacial score (nSPS) is 28.8. The van der Waals surface area contributed by atoms with E-state index in [2.05, 4.69) is 29.5 Å². The fraction of sp³-hybridized carbons (Fsp3) is 0.700. The van der Waals surface area contributed by atoms with E-state index in [-0.39, 0.29) is 0 Å². The maximum absolute atomic E-state index is 4.65. The maximum Gasteiger partial charge on any atom is 0.0962 e. The average Bonchev–Trinajstić information content (AvgIpc) is 2.70. The zero-order valence-electron chi connectivity index (χ0n) is 8.37. The Morgan fingerprint density at radius 3 is 2.92 bits per heavy atom. The SMILES string of the molecule is CNC(C)c1csc(C2CC2C)n1. The first kappa shape index (κ1) is 9.16. The van der Waals surface area contributed by atoms with Crippen LogP contribution in [0.3, 0.4) is 0 Å². The van der Waals surface area contributed by atoms with E-state index in [0.29, 0.717) is 6.04 Å². The molecule has 1 aromatic heterocycles. The molecule has 1 aliphatic rings. The zero-order valence-corrected chi connectivity index (χ0v) is 9.19. The van der Waals surface area contributed by atoms with Crippen LogP contribution in [0.2, 0.25) is 0 Å². The number of hydrogen-bond donors (Lipinski definition) is 1. The van der Waals surface area contributed by atoms with Crippen molar-refractivity contribution in [1.29, 1.82) is 0 Å². The van der Waals surface area contributed by atoms with E-state index in [1.807, 2.05) is 18.4 Å². The Hall–Kier alpha value is -0.410. The van der Waals surface area contributed by atoms with Gasteiger partial charge in [0, 0.05) is 17.3 Å². The summed E-state index contributed by atoms with van der Waals surface area (Å²) in [5.41, 5.74) is 1.20. The number of thiazole rings is 1. The Balaban J connectivity index is 2.09. The Labute approximate surface area is 83.4 Å². The lowest BCUT2D eigenvalue weighted by Crippen LogP contribution is -2.12. The van der Waals surface area contributed by atoms with Crippen molar-refractivity contribution in [2.45, 2.75) is 32.2 Å². The molecule has 0 saturated heterocycles. The van der Waals surface area contributed by atoms with Crippen molar-refractivity contribution >= 4 is 11.3 Å². The summed E-state index contributed by atoms with van der Waals surface area (Å²) in [5, 5.41) is 6.73. The monoisotopic (exact) mass is 196 g/mol. The van der Waals surface area contributed by atoms with Gasteiger partial charge in [-0.1, -0.05) is 6.92 Å². The van der Waals surface area contributed by atoms with E-state index in [4.69, 9.17) is 0 Å². The van der Waals surface area contributed by atoms with Crippen molar-refractivity contribution in [2.24, 2.45) is 5.92 Å². The molecule has 0 amide bonds. The fourth-order valence-electron chi connectivity index (χ4n) is 1.48. The average molecular weight is 196 g/mol. The highest BCUT2D eigenvalue weighted by molar-refractivity contribution is 7.09. The van der Waals surface area contributed by atoms with Gasteiger partial charge in [-0.25, -0.2) is 4.98 Å². The number of aromatic nitrogens is 1. The predicted molar refractivity (Wildman–Crippen MR) is 56.1 cm³/mol. The van der Waals surface area contributed by atoms with E-state index in [9.17, 15) is 0 Å². The molecule has 1 heterocycles. The third kappa shape index (κ3) is 1.76. The molecule has 3 heteroatoms. The number of rotatable bonds is 3. The van der Waals surface area contributed by atoms with Crippen molar-refractivity contribution in [1.82, 2.24) is 10.3 Å². The standard InChI is InChI=1S/C10H16N2S/c1-6-4-8(6)10-12-9(5-13-10)7(2)11-3/h5-8,11H,4H2,1-3H3. The first-order valence-electron chi connectivity index (χ1n) is 4.85. The van der Waals surface area contributed by atoms with Gasteiger partial charge in [0.1, 0.15) is 0 Å². The van der Waals surface area contributed by atoms with Gasteiger partial charge in [-0.3, -0.25) is 0 Å². The third-order valence-corrected chi connectivity index (χ3v) is 3.84. The quantitative estimate of drug-likeness (QED) is 0.803. The van der Waals surface area contributed by atoms with Gasteiger partial charge in [0.2, 0.25) is 0 Å². The predicted octanol–water partition coefficient (Wildman–Crippen LogP) is 2.55. The zero-order chi connectivity index (χ0) is 9.42. The molecule has 1 saturated carbocycles. The van der Waals surface area contributed by atoms with Crippen LogP contribution in [-0.4, -0.2) is 12.0 Å². The molecular formula is C10H16N2S. The summed E-state index contributed by atoms with van der Waals surface area (Å²) >= 11 is 1.82. The first-order chi connectivity index (χ1) is 6.22. The molecule has 0 bridgehead atoms. The van der Waals surface area contributed by atoms with Gasteiger partial charge in [0.15, 0.2) is 0 Å². The molecule has 13 heavy (non-hydrogen) atoms. The van der Waals surface area contributed by atoms with Gasteiger partial charge < -0.3 is 5.32 Å². The lowest BCUT2D eigenvalue weighted by atomic mass is 10.3. The topological polar surface area (TPSA) is 24.9 Å². The van der Waals surface area contributed by atoms with Crippen LogP contribution < -0.4 is 5.32 Å². The smallest absolute Gasteiger partial charge is 0.0962 e. The molecule has 0 aliphatic heterocycles. The minimum atomic E-state index is 0.388. The van der Waals surface area contributed by atoms with Gasteiger partial charge in [-0.2, -0.15) is 0 Å². The molecule has 1 fully saturated rings. The van der Waals surface area contributed by atoms with E-state index >= 15 is 0 Å².